The van der Waals surface area contributed by atoms with Gasteiger partial charge in [0, 0.05) is 29.4 Å². The van der Waals surface area contributed by atoms with Crippen LogP contribution in [0, 0.1) is 0 Å². The zero-order valence-corrected chi connectivity index (χ0v) is 16.4. The number of nitrogens with one attached hydrogen (secondary N) is 1. The summed E-state index contributed by atoms with van der Waals surface area (Å²) in [6.45, 7) is 2.98. The van der Waals surface area contributed by atoms with Crippen LogP contribution in [0.3, 0.4) is 0 Å². The van der Waals surface area contributed by atoms with Gasteiger partial charge in [0.05, 0.1) is 4.88 Å². The Morgan fingerprint density at radius 3 is 2.59 bits per heavy atom. The summed E-state index contributed by atoms with van der Waals surface area (Å²) in [6, 6.07) is 18.1. The second-order valence-corrected chi connectivity index (χ2v) is 7.35. The van der Waals surface area contributed by atoms with Crippen LogP contribution in [-0.2, 0) is 6.54 Å². The number of hydrogen-bond donors (Lipinski definition) is 1. The van der Waals surface area contributed by atoms with E-state index in [1.165, 1.54) is 11.3 Å². The van der Waals surface area contributed by atoms with Gasteiger partial charge in [-0.25, -0.2) is 0 Å². The minimum Gasteiger partial charge on any atom is -0.335 e. The minimum absolute atomic E-state index is 0.0929. The van der Waals surface area contributed by atoms with Crippen LogP contribution in [-0.4, -0.2) is 23.3 Å². The van der Waals surface area contributed by atoms with Crippen molar-refractivity contribution in [3.63, 3.8) is 0 Å². The molecule has 0 bridgehead atoms. The topological polar surface area (TPSA) is 49.4 Å². The number of rotatable bonds is 6. The van der Waals surface area contributed by atoms with E-state index in [0.29, 0.717) is 34.2 Å². The van der Waals surface area contributed by atoms with E-state index in [-0.39, 0.29) is 11.8 Å². The quantitative estimate of drug-likeness (QED) is 0.611. The molecule has 1 N–H and O–H groups in total. The van der Waals surface area contributed by atoms with Crippen molar-refractivity contribution in [1.82, 2.24) is 4.90 Å². The second-order valence-electron chi connectivity index (χ2n) is 5.96. The molecule has 3 rings (SSSR count). The maximum atomic E-state index is 12.9. The van der Waals surface area contributed by atoms with Gasteiger partial charge in [-0.3, -0.25) is 9.59 Å². The molecule has 0 radical (unpaired) electrons. The van der Waals surface area contributed by atoms with Crippen LogP contribution in [0.1, 0.15) is 32.5 Å². The first-order chi connectivity index (χ1) is 13.1. The number of hydrogen-bond acceptors (Lipinski definition) is 3. The van der Waals surface area contributed by atoms with Crippen molar-refractivity contribution in [2.24, 2.45) is 0 Å². The second kappa shape index (κ2) is 8.84. The molecule has 2 aromatic carbocycles. The van der Waals surface area contributed by atoms with Crippen molar-refractivity contribution < 1.29 is 9.59 Å². The standard InChI is InChI=1S/C21H19ClN2O2S/c1-2-24(14-15-6-3-8-17(22)12-15)21(26)16-7-4-9-18(13-16)23-20(25)19-10-5-11-27-19/h3-13H,2,14H2,1H3,(H,23,25). The number of carbonyl (C=O) groups is 2. The number of anilines is 1. The van der Waals surface area contributed by atoms with Crippen molar-refractivity contribution in [3.8, 4) is 0 Å². The fourth-order valence-electron chi connectivity index (χ4n) is 2.70. The molecule has 0 aliphatic carbocycles. The van der Waals surface area contributed by atoms with Crippen molar-refractivity contribution in [3.05, 3.63) is 87.1 Å². The summed E-state index contributed by atoms with van der Waals surface area (Å²) in [6.07, 6.45) is 0. The lowest BCUT2D eigenvalue weighted by atomic mass is 10.1. The van der Waals surface area contributed by atoms with E-state index in [1.807, 2.05) is 42.6 Å². The summed E-state index contributed by atoms with van der Waals surface area (Å²) in [5.41, 5.74) is 2.10. The highest BCUT2D eigenvalue weighted by atomic mass is 35.5. The number of benzene rings is 2. The zero-order chi connectivity index (χ0) is 19.2. The molecule has 138 valence electrons. The Bertz CT molecular complexity index is 941. The molecule has 2 amide bonds. The Morgan fingerprint density at radius 1 is 1.07 bits per heavy atom. The first-order valence-corrected chi connectivity index (χ1v) is 9.81. The molecule has 6 heteroatoms. The zero-order valence-electron chi connectivity index (χ0n) is 14.8. The van der Waals surface area contributed by atoms with Crippen molar-refractivity contribution in [2.75, 3.05) is 11.9 Å². The van der Waals surface area contributed by atoms with E-state index in [4.69, 9.17) is 11.6 Å². The van der Waals surface area contributed by atoms with Gasteiger partial charge in [-0.1, -0.05) is 35.9 Å². The average Bonchev–Trinajstić information content (AvgIpc) is 3.21. The molecule has 1 heterocycles. The van der Waals surface area contributed by atoms with Crippen molar-refractivity contribution >= 4 is 40.4 Å². The van der Waals surface area contributed by atoms with Crippen LogP contribution in [0.4, 0.5) is 5.69 Å². The smallest absolute Gasteiger partial charge is 0.265 e. The van der Waals surface area contributed by atoms with E-state index >= 15 is 0 Å². The molecular weight excluding hydrogens is 380 g/mol. The third kappa shape index (κ3) is 4.96. The molecule has 0 saturated heterocycles. The Balaban J connectivity index is 1.74. The highest BCUT2D eigenvalue weighted by molar-refractivity contribution is 7.12. The normalized spacial score (nSPS) is 10.4. The van der Waals surface area contributed by atoms with Crippen LogP contribution < -0.4 is 5.32 Å². The van der Waals surface area contributed by atoms with Crippen LogP contribution >= 0.6 is 22.9 Å². The summed E-state index contributed by atoms with van der Waals surface area (Å²) >= 11 is 7.41. The summed E-state index contributed by atoms with van der Waals surface area (Å²) in [5.74, 6) is -0.273. The lowest BCUT2D eigenvalue weighted by Gasteiger charge is -2.21. The largest absolute Gasteiger partial charge is 0.335 e. The maximum Gasteiger partial charge on any atom is 0.265 e. The molecule has 0 saturated carbocycles. The minimum atomic E-state index is -0.180. The number of thiophene rings is 1. The summed E-state index contributed by atoms with van der Waals surface area (Å²) < 4.78 is 0. The van der Waals surface area contributed by atoms with Crippen molar-refractivity contribution in [1.29, 1.82) is 0 Å². The first-order valence-electron chi connectivity index (χ1n) is 8.55. The molecule has 0 fully saturated rings. The van der Waals surface area contributed by atoms with Gasteiger partial charge in [0.25, 0.3) is 11.8 Å². The van der Waals surface area contributed by atoms with Gasteiger partial charge in [0.15, 0.2) is 0 Å². The molecule has 0 aliphatic heterocycles. The van der Waals surface area contributed by atoms with E-state index in [9.17, 15) is 9.59 Å². The van der Waals surface area contributed by atoms with E-state index < -0.39 is 0 Å². The van der Waals surface area contributed by atoms with Crippen LogP contribution in [0.15, 0.2) is 66.0 Å². The lowest BCUT2D eigenvalue weighted by molar-refractivity contribution is 0.0752. The Hall–Kier alpha value is -2.63. The Morgan fingerprint density at radius 2 is 1.89 bits per heavy atom. The highest BCUT2D eigenvalue weighted by Crippen LogP contribution is 2.18. The van der Waals surface area contributed by atoms with Crippen LogP contribution in [0.25, 0.3) is 0 Å². The number of carbonyl (C=O) groups excluding carboxylic acids is 2. The predicted octanol–water partition coefficient (Wildman–Crippen LogP) is 5.32. The van der Waals surface area contributed by atoms with Crippen molar-refractivity contribution in [2.45, 2.75) is 13.5 Å². The van der Waals surface area contributed by atoms with Gasteiger partial charge in [-0.15, -0.1) is 11.3 Å². The first kappa shape index (κ1) is 19.1. The molecule has 0 spiro atoms. The van der Waals surface area contributed by atoms with E-state index in [1.54, 1.807) is 35.2 Å². The third-order valence-electron chi connectivity index (χ3n) is 4.04. The SMILES string of the molecule is CCN(Cc1cccc(Cl)c1)C(=O)c1cccc(NC(=O)c2cccs2)c1. The summed E-state index contributed by atoms with van der Waals surface area (Å²) in [4.78, 5) is 27.5. The predicted molar refractivity (Wildman–Crippen MR) is 111 cm³/mol. The van der Waals surface area contributed by atoms with Gasteiger partial charge in [-0.05, 0) is 54.3 Å². The summed E-state index contributed by atoms with van der Waals surface area (Å²) in [5, 5.41) is 5.34. The fraction of sp³-hybridized carbons (Fsp3) is 0.143. The molecule has 3 aromatic rings. The number of amides is 2. The Labute approximate surface area is 167 Å². The van der Waals surface area contributed by atoms with E-state index in [2.05, 4.69) is 5.32 Å². The molecule has 0 unspecified atom stereocenters. The van der Waals surface area contributed by atoms with Gasteiger partial charge < -0.3 is 10.2 Å². The monoisotopic (exact) mass is 398 g/mol. The van der Waals surface area contributed by atoms with Gasteiger partial charge in [-0.2, -0.15) is 0 Å². The number of nitrogens with zero attached hydrogens (tertiary/aromatic N) is 1. The average molecular weight is 399 g/mol. The molecule has 0 atom stereocenters. The fourth-order valence-corrected chi connectivity index (χ4v) is 3.53. The van der Waals surface area contributed by atoms with Crippen LogP contribution in [0.5, 0.6) is 0 Å². The van der Waals surface area contributed by atoms with Gasteiger partial charge in [0.2, 0.25) is 0 Å². The Kier molecular flexibility index (Phi) is 6.27. The number of halogens is 1. The molecule has 1 aromatic heterocycles. The molecular formula is C21H19ClN2O2S. The maximum absolute atomic E-state index is 12.9. The van der Waals surface area contributed by atoms with Crippen LogP contribution in [0.2, 0.25) is 5.02 Å². The molecule has 0 aliphatic rings. The third-order valence-corrected chi connectivity index (χ3v) is 5.15. The van der Waals surface area contributed by atoms with Gasteiger partial charge >= 0.3 is 0 Å². The highest BCUT2D eigenvalue weighted by Gasteiger charge is 2.16. The molecule has 27 heavy (non-hydrogen) atoms. The molecule has 4 nitrogen and oxygen atoms in total. The lowest BCUT2D eigenvalue weighted by Crippen LogP contribution is -2.30. The van der Waals surface area contributed by atoms with E-state index in [0.717, 1.165) is 5.56 Å². The summed E-state index contributed by atoms with van der Waals surface area (Å²) in [7, 11) is 0. The van der Waals surface area contributed by atoms with Gasteiger partial charge in [0.1, 0.15) is 0 Å².